The molecule has 1 atom stereocenters. The van der Waals surface area contributed by atoms with Crippen LogP contribution in [0.5, 0.6) is 0 Å². The number of alkyl halides is 3. The van der Waals surface area contributed by atoms with Crippen molar-refractivity contribution in [3.8, 4) is 0 Å². The van der Waals surface area contributed by atoms with Gasteiger partial charge in [0.25, 0.3) is 0 Å². The third kappa shape index (κ3) is 4.40. The number of hydrogen-bond donors (Lipinski definition) is 2. The molecule has 0 saturated carbocycles. The molecule has 0 aliphatic heterocycles. The molecule has 7 nitrogen and oxygen atoms in total. The van der Waals surface area contributed by atoms with Gasteiger partial charge < -0.3 is 10.4 Å². The summed E-state index contributed by atoms with van der Waals surface area (Å²) in [6.07, 6.45) is -5.96. The van der Waals surface area contributed by atoms with Gasteiger partial charge in [0.05, 0.1) is 4.92 Å². The summed E-state index contributed by atoms with van der Waals surface area (Å²) in [4.78, 5) is 31.1. The molecule has 11 heteroatoms. The largest absolute Gasteiger partial charge is 0.480 e. The second-order valence-corrected chi connectivity index (χ2v) is 4.11. The van der Waals surface area contributed by atoms with E-state index >= 15 is 0 Å². The summed E-state index contributed by atoms with van der Waals surface area (Å²) < 4.78 is 49.4. The Balaban J connectivity index is 2.97. The predicted octanol–water partition coefficient (Wildman–Crippen LogP) is 1.41. The molecule has 0 aliphatic rings. The summed E-state index contributed by atoms with van der Waals surface area (Å²) in [5, 5.41) is 20.6. The molecule has 1 aromatic carbocycles. The Morgan fingerprint density at radius 2 is 1.95 bits per heavy atom. The van der Waals surface area contributed by atoms with Crippen LogP contribution in [-0.4, -0.2) is 34.1 Å². The Labute approximate surface area is 119 Å². The first-order chi connectivity index (χ1) is 10.0. The number of nitrogens with one attached hydrogen (secondary N) is 1. The molecule has 0 fully saturated rings. The average Bonchev–Trinajstić information content (AvgIpc) is 2.38. The van der Waals surface area contributed by atoms with E-state index in [1.807, 2.05) is 0 Å². The van der Waals surface area contributed by atoms with Crippen molar-refractivity contribution in [2.45, 2.75) is 18.6 Å². The number of nitro benzene ring substituents is 1. The van der Waals surface area contributed by atoms with Crippen LogP contribution in [0.2, 0.25) is 0 Å². The minimum Gasteiger partial charge on any atom is -0.480 e. The van der Waals surface area contributed by atoms with Crippen LogP contribution in [0.4, 0.5) is 23.2 Å². The third-order valence-electron chi connectivity index (χ3n) is 2.51. The van der Waals surface area contributed by atoms with E-state index in [1.54, 1.807) is 0 Å². The molecule has 0 unspecified atom stereocenters. The zero-order chi connectivity index (χ0) is 17.1. The Morgan fingerprint density at radius 3 is 2.41 bits per heavy atom. The second-order valence-electron chi connectivity index (χ2n) is 4.11. The SMILES string of the molecule is O=C(O)[C@H](Cc1ccc(F)c([N+](=O)[O-])c1)NC(=O)C(F)(F)F. The average molecular weight is 324 g/mol. The lowest BCUT2D eigenvalue weighted by molar-refractivity contribution is -0.387. The van der Waals surface area contributed by atoms with Gasteiger partial charge in [-0.1, -0.05) is 6.07 Å². The highest BCUT2D eigenvalue weighted by Crippen LogP contribution is 2.20. The Kier molecular flexibility index (Phi) is 5.02. The zero-order valence-corrected chi connectivity index (χ0v) is 10.6. The number of benzene rings is 1. The molecule has 0 aromatic heterocycles. The van der Waals surface area contributed by atoms with Crippen LogP contribution >= 0.6 is 0 Å². The number of carboxylic acids is 1. The topological polar surface area (TPSA) is 110 Å². The number of hydrogen-bond acceptors (Lipinski definition) is 4. The first-order valence-corrected chi connectivity index (χ1v) is 5.55. The van der Waals surface area contributed by atoms with Gasteiger partial charge in [0.2, 0.25) is 5.82 Å². The third-order valence-corrected chi connectivity index (χ3v) is 2.51. The van der Waals surface area contributed by atoms with Gasteiger partial charge >= 0.3 is 23.7 Å². The normalized spacial score (nSPS) is 12.5. The van der Waals surface area contributed by atoms with Crippen molar-refractivity contribution in [1.82, 2.24) is 5.32 Å². The van der Waals surface area contributed by atoms with Crippen molar-refractivity contribution in [2.24, 2.45) is 0 Å². The van der Waals surface area contributed by atoms with Gasteiger partial charge in [-0.15, -0.1) is 0 Å². The minimum absolute atomic E-state index is 0.122. The first kappa shape index (κ1) is 17.3. The minimum atomic E-state index is -5.28. The molecule has 1 rings (SSSR count). The lowest BCUT2D eigenvalue weighted by atomic mass is 10.0. The van der Waals surface area contributed by atoms with Gasteiger partial charge in [-0.25, -0.2) is 4.79 Å². The Morgan fingerprint density at radius 1 is 1.36 bits per heavy atom. The van der Waals surface area contributed by atoms with E-state index in [9.17, 15) is 37.3 Å². The fraction of sp³-hybridized carbons (Fsp3) is 0.273. The zero-order valence-electron chi connectivity index (χ0n) is 10.6. The van der Waals surface area contributed by atoms with E-state index in [-0.39, 0.29) is 5.56 Å². The maximum Gasteiger partial charge on any atom is 0.471 e. The lowest BCUT2D eigenvalue weighted by Crippen LogP contribution is -2.47. The molecular weight excluding hydrogens is 316 g/mol. The Bertz CT molecular complexity index is 617. The van der Waals surface area contributed by atoms with E-state index < -0.39 is 46.9 Å². The maximum absolute atomic E-state index is 13.1. The van der Waals surface area contributed by atoms with Gasteiger partial charge in [0.15, 0.2) is 0 Å². The van der Waals surface area contributed by atoms with E-state index in [4.69, 9.17) is 5.11 Å². The van der Waals surface area contributed by atoms with Crippen molar-refractivity contribution in [2.75, 3.05) is 0 Å². The highest BCUT2D eigenvalue weighted by atomic mass is 19.4. The number of nitro groups is 1. The van der Waals surface area contributed by atoms with Crippen LogP contribution < -0.4 is 5.32 Å². The Hall–Kier alpha value is -2.72. The van der Waals surface area contributed by atoms with Crippen molar-refractivity contribution in [3.63, 3.8) is 0 Å². The summed E-state index contributed by atoms with van der Waals surface area (Å²) in [6.45, 7) is 0. The second kappa shape index (κ2) is 6.37. The summed E-state index contributed by atoms with van der Waals surface area (Å²) in [5.41, 5.74) is -1.08. The monoisotopic (exact) mass is 324 g/mol. The maximum atomic E-state index is 13.1. The molecule has 0 saturated heterocycles. The highest BCUT2D eigenvalue weighted by molar-refractivity contribution is 5.87. The molecule has 22 heavy (non-hydrogen) atoms. The number of rotatable bonds is 5. The van der Waals surface area contributed by atoms with E-state index in [1.165, 1.54) is 5.32 Å². The van der Waals surface area contributed by atoms with Crippen LogP contribution in [0, 0.1) is 15.9 Å². The van der Waals surface area contributed by atoms with Gasteiger partial charge in [-0.2, -0.15) is 17.6 Å². The standard InChI is InChI=1S/C11H8F4N2O5/c12-6-2-1-5(4-8(6)17(21)22)3-7(9(18)19)16-10(20)11(13,14)15/h1-2,4,7H,3H2,(H,16,20)(H,18,19)/t7-/m0/s1. The molecule has 0 heterocycles. The number of carbonyl (C=O) groups is 2. The summed E-state index contributed by atoms with van der Waals surface area (Å²) in [6, 6.07) is 0.361. The van der Waals surface area contributed by atoms with E-state index in [2.05, 4.69) is 0 Å². The first-order valence-electron chi connectivity index (χ1n) is 5.55. The fourth-order valence-electron chi connectivity index (χ4n) is 1.50. The summed E-state index contributed by atoms with van der Waals surface area (Å²) >= 11 is 0. The van der Waals surface area contributed by atoms with Crippen molar-refractivity contribution < 1.29 is 37.2 Å². The van der Waals surface area contributed by atoms with Gasteiger partial charge in [-0.05, 0) is 11.6 Å². The quantitative estimate of drug-likeness (QED) is 0.483. The van der Waals surface area contributed by atoms with Gasteiger partial charge in [0, 0.05) is 12.5 Å². The van der Waals surface area contributed by atoms with Crippen molar-refractivity contribution >= 4 is 17.6 Å². The van der Waals surface area contributed by atoms with Crippen LogP contribution in [-0.2, 0) is 16.0 Å². The van der Waals surface area contributed by atoms with E-state index in [0.717, 1.165) is 6.07 Å². The summed E-state index contributed by atoms with van der Waals surface area (Å²) in [7, 11) is 0. The molecule has 0 bridgehead atoms. The van der Waals surface area contributed by atoms with Gasteiger partial charge in [-0.3, -0.25) is 14.9 Å². The van der Waals surface area contributed by atoms with Crippen molar-refractivity contribution in [1.29, 1.82) is 0 Å². The molecular formula is C11H8F4N2O5. The fourth-order valence-corrected chi connectivity index (χ4v) is 1.50. The molecule has 0 aliphatic carbocycles. The van der Waals surface area contributed by atoms with Crippen LogP contribution in [0.25, 0.3) is 0 Å². The molecule has 1 aromatic rings. The van der Waals surface area contributed by atoms with Crippen molar-refractivity contribution in [3.05, 3.63) is 39.7 Å². The van der Waals surface area contributed by atoms with Crippen LogP contribution in [0.15, 0.2) is 18.2 Å². The number of carbonyl (C=O) groups excluding carboxylic acids is 1. The molecule has 0 spiro atoms. The van der Waals surface area contributed by atoms with Crippen LogP contribution in [0.1, 0.15) is 5.56 Å². The number of carboxylic acid groups (broad SMARTS) is 1. The molecule has 120 valence electrons. The van der Waals surface area contributed by atoms with Crippen LogP contribution in [0.3, 0.4) is 0 Å². The predicted molar refractivity (Wildman–Crippen MR) is 62.4 cm³/mol. The van der Waals surface area contributed by atoms with E-state index in [0.29, 0.717) is 12.1 Å². The number of halogens is 4. The molecule has 1 amide bonds. The smallest absolute Gasteiger partial charge is 0.471 e. The van der Waals surface area contributed by atoms with Gasteiger partial charge in [0.1, 0.15) is 6.04 Å². The molecule has 0 radical (unpaired) electrons. The number of aliphatic carboxylic acids is 1. The number of nitrogens with zero attached hydrogens (tertiary/aromatic N) is 1. The summed E-state index contributed by atoms with van der Waals surface area (Å²) in [5.74, 6) is -5.42. The molecule has 2 N–H and O–H groups in total. The lowest BCUT2D eigenvalue weighted by Gasteiger charge is -2.15. The highest BCUT2D eigenvalue weighted by Gasteiger charge is 2.40. The number of amides is 1.